The Labute approximate surface area is 122 Å². The minimum atomic E-state index is 0.0694. The van der Waals surface area contributed by atoms with Crippen LogP contribution >= 0.6 is 11.3 Å². The summed E-state index contributed by atoms with van der Waals surface area (Å²) in [7, 11) is 1.89. The third kappa shape index (κ3) is 1.82. The van der Waals surface area contributed by atoms with Crippen molar-refractivity contribution >= 4 is 33.1 Å². The molecule has 1 amide bonds. The summed E-state index contributed by atoms with van der Waals surface area (Å²) < 4.78 is 1.80. The summed E-state index contributed by atoms with van der Waals surface area (Å²) in [6.07, 6.45) is 1.07. The zero-order chi connectivity index (χ0) is 14.6. The molecule has 2 atom stereocenters. The first kappa shape index (κ1) is 13.4. The fourth-order valence-electron chi connectivity index (χ4n) is 3.20. The van der Waals surface area contributed by atoms with Crippen LogP contribution in [0.1, 0.15) is 35.6 Å². The Morgan fingerprint density at radius 1 is 1.45 bits per heavy atom. The Kier molecular flexibility index (Phi) is 3.01. The summed E-state index contributed by atoms with van der Waals surface area (Å²) in [5, 5.41) is 5.29. The molecule has 20 heavy (non-hydrogen) atoms. The molecule has 1 saturated heterocycles. The lowest BCUT2D eigenvalue weighted by molar-refractivity contribution is 0.0749. The molecule has 2 aromatic heterocycles. The molecule has 2 N–H and O–H groups in total. The van der Waals surface area contributed by atoms with Crippen LogP contribution in [0, 0.1) is 12.8 Å². The number of aryl methyl sites for hydroxylation is 2. The van der Waals surface area contributed by atoms with E-state index in [1.807, 2.05) is 18.9 Å². The van der Waals surface area contributed by atoms with E-state index in [0.717, 1.165) is 28.9 Å². The molecule has 0 aliphatic carbocycles. The predicted octanol–water partition coefficient (Wildman–Crippen LogP) is 2.40. The lowest BCUT2D eigenvalue weighted by atomic mass is 10.1. The number of carbonyl (C=O) groups excluding carboxylic acids is 1. The molecule has 5 nitrogen and oxygen atoms in total. The number of nitrogens with zero attached hydrogens (tertiary/aromatic N) is 3. The Morgan fingerprint density at radius 3 is 2.70 bits per heavy atom. The number of anilines is 1. The highest BCUT2D eigenvalue weighted by Crippen LogP contribution is 2.37. The molecule has 6 heteroatoms. The maximum absolute atomic E-state index is 12.7. The molecule has 1 aliphatic heterocycles. The van der Waals surface area contributed by atoms with Gasteiger partial charge >= 0.3 is 0 Å². The molecule has 1 fully saturated rings. The average Bonchev–Trinajstić information content (AvgIpc) is 2.96. The number of hydrogen-bond acceptors (Lipinski definition) is 4. The van der Waals surface area contributed by atoms with Crippen molar-refractivity contribution in [2.45, 2.75) is 33.2 Å². The zero-order valence-electron chi connectivity index (χ0n) is 12.3. The molecular weight excluding hydrogens is 272 g/mol. The average molecular weight is 292 g/mol. The third-order valence-electron chi connectivity index (χ3n) is 4.12. The van der Waals surface area contributed by atoms with Crippen molar-refractivity contribution in [3.05, 3.63) is 10.6 Å². The van der Waals surface area contributed by atoms with E-state index in [1.54, 1.807) is 4.68 Å². The second kappa shape index (κ2) is 4.48. The Bertz CT molecular complexity index is 687. The number of carbonyl (C=O) groups is 1. The fourth-order valence-corrected chi connectivity index (χ4v) is 4.34. The number of fused-ring (bicyclic) bond motifs is 1. The standard InChI is InChI=1S/C14H20N4OS/c1-7-5-8(2)18(6-7)13(19)12-11(15)10-9(3)16-17(4)14(10)20-12/h7-8H,5-6,15H2,1-4H3. The molecule has 2 unspecified atom stereocenters. The molecule has 1 aliphatic rings. The molecule has 0 radical (unpaired) electrons. The number of rotatable bonds is 1. The Hall–Kier alpha value is -1.56. The third-order valence-corrected chi connectivity index (χ3v) is 5.38. The number of amides is 1. The van der Waals surface area contributed by atoms with E-state index in [0.29, 0.717) is 22.5 Å². The minimum absolute atomic E-state index is 0.0694. The van der Waals surface area contributed by atoms with Gasteiger partial charge in [0, 0.05) is 19.6 Å². The Morgan fingerprint density at radius 2 is 2.15 bits per heavy atom. The highest BCUT2D eigenvalue weighted by molar-refractivity contribution is 7.21. The van der Waals surface area contributed by atoms with Crippen molar-refractivity contribution < 1.29 is 4.79 Å². The van der Waals surface area contributed by atoms with Gasteiger partial charge in [-0.15, -0.1) is 11.3 Å². The van der Waals surface area contributed by atoms with Crippen LogP contribution < -0.4 is 5.73 Å². The van der Waals surface area contributed by atoms with Gasteiger partial charge in [-0.1, -0.05) is 6.92 Å². The summed E-state index contributed by atoms with van der Waals surface area (Å²) in [6, 6.07) is 0.293. The summed E-state index contributed by atoms with van der Waals surface area (Å²) in [4.78, 5) is 16.3. The van der Waals surface area contributed by atoms with Gasteiger partial charge in [0.2, 0.25) is 0 Å². The summed E-state index contributed by atoms with van der Waals surface area (Å²) in [5.41, 5.74) is 7.69. The Balaban J connectivity index is 2.04. The van der Waals surface area contributed by atoms with Gasteiger partial charge in [0.05, 0.1) is 16.8 Å². The number of nitrogen functional groups attached to an aromatic ring is 1. The predicted molar refractivity (Wildman–Crippen MR) is 82.0 cm³/mol. The van der Waals surface area contributed by atoms with Crippen LogP contribution in [0.4, 0.5) is 5.69 Å². The highest BCUT2D eigenvalue weighted by Gasteiger charge is 2.33. The van der Waals surface area contributed by atoms with Crippen LogP contribution in [-0.4, -0.2) is 33.2 Å². The van der Waals surface area contributed by atoms with E-state index in [9.17, 15) is 4.79 Å². The number of likely N-dealkylation sites (tertiary alicyclic amines) is 1. The van der Waals surface area contributed by atoms with Crippen molar-refractivity contribution in [2.24, 2.45) is 13.0 Å². The largest absolute Gasteiger partial charge is 0.397 e. The number of nitrogens with two attached hydrogens (primary N) is 1. The van der Waals surface area contributed by atoms with Gasteiger partial charge in [0.15, 0.2) is 0 Å². The van der Waals surface area contributed by atoms with Crippen LogP contribution in [0.25, 0.3) is 10.2 Å². The maximum atomic E-state index is 12.7. The van der Waals surface area contributed by atoms with E-state index < -0.39 is 0 Å². The topological polar surface area (TPSA) is 64.2 Å². The van der Waals surface area contributed by atoms with Crippen LogP contribution in [0.15, 0.2) is 0 Å². The maximum Gasteiger partial charge on any atom is 0.266 e. The smallest absolute Gasteiger partial charge is 0.266 e. The molecule has 3 heterocycles. The summed E-state index contributed by atoms with van der Waals surface area (Å²) >= 11 is 1.45. The molecule has 2 aromatic rings. The number of aromatic nitrogens is 2. The van der Waals surface area contributed by atoms with Gasteiger partial charge in [0.1, 0.15) is 9.71 Å². The van der Waals surface area contributed by atoms with Crippen LogP contribution in [0.3, 0.4) is 0 Å². The van der Waals surface area contributed by atoms with E-state index in [4.69, 9.17) is 5.73 Å². The zero-order valence-corrected chi connectivity index (χ0v) is 13.1. The van der Waals surface area contributed by atoms with E-state index in [-0.39, 0.29) is 5.91 Å². The van der Waals surface area contributed by atoms with E-state index >= 15 is 0 Å². The van der Waals surface area contributed by atoms with Gasteiger partial charge in [-0.25, -0.2) is 0 Å². The van der Waals surface area contributed by atoms with Gasteiger partial charge in [-0.3, -0.25) is 9.48 Å². The van der Waals surface area contributed by atoms with E-state index in [1.165, 1.54) is 11.3 Å². The van der Waals surface area contributed by atoms with Crippen LogP contribution in [0.5, 0.6) is 0 Å². The lowest BCUT2D eigenvalue weighted by Crippen LogP contribution is -2.33. The van der Waals surface area contributed by atoms with Crippen molar-refractivity contribution in [2.75, 3.05) is 12.3 Å². The SMILES string of the molecule is Cc1nn(C)c2sc(C(=O)N3CC(C)CC3C)c(N)c12. The van der Waals surface area contributed by atoms with Crippen molar-refractivity contribution in [3.8, 4) is 0 Å². The molecule has 0 aromatic carbocycles. The first-order chi connectivity index (χ1) is 9.40. The molecule has 3 rings (SSSR count). The lowest BCUT2D eigenvalue weighted by Gasteiger charge is -2.21. The second-order valence-electron chi connectivity index (χ2n) is 5.88. The van der Waals surface area contributed by atoms with Crippen LogP contribution in [0.2, 0.25) is 0 Å². The number of hydrogen-bond donors (Lipinski definition) is 1. The van der Waals surface area contributed by atoms with Gasteiger partial charge in [-0.2, -0.15) is 5.10 Å². The molecule has 0 bridgehead atoms. The normalized spacial score (nSPS) is 22.9. The van der Waals surface area contributed by atoms with E-state index in [2.05, 4.69) is 18.9 Å². The molecule has 0 spiro atoms. The quantitative estimate of drug-likeness (QED) is 0.877. The first-order valence-electron chi connectivity index (χ1n) is 6.92. The van der Waals surface area contributed by atoms with Crippen LogP contribution in [-0.2, 0) is 7.05 Å². The van der Waals surface area contributed by atoms with Gasteiger partial charge in [-0.05, 0) is 26.2 Å². The summed E-state index contributed by atoms with van der Waals surface area (Å²) in [5.74, 6) is 0.632. The molecule has 108 valence electrons. The highest BCUT2D eigenvalue weighted by atomic mass is 32.1. The molecular formula is C14H20N4OS. The van der Waals surface area contributed by atoms with Gasteiger partial charge < -0.3 is 10.6 Å². The van der Waals surface area contributed by atoms with Gasteiger partial charge in [0.25, 0.3) is 5.91 Å². The first-order valence-corrected chi connectivity index (χ1v) is 7.74. The van der Waals surface area contributed by atoms with Crippen molar-refractivity contribution in [1.82, 2.24) is 14.7 Å². The number of thiophene rings is 1. The molecule has 0 saturated carbocycles. The fraction of sp³-hybridized carbons (Fsp3) is 0.571. The monoisotopic (exact) mass is 292 g/mol. The minimum Gasteiger partial charge on any atom is -0.397 e. The van der Waals surface area contributed by atoms with Crippen molar-refractivity contribution in [3.63, 3.8) is 0 Å². The van der Waals surface area contributed by atoms with Crippen molar-refractivity contribution in [1.29, 1.82) is 0 Å². The second-order valence-corrected chi connectivity index (χ2v) is 6.88. The summed E-state index contributed by atoms with van der Waals surface area (Å²) in [6.45, 7) is 7.05.